The lowest BCUT2D eigenvalue weighted by Crippen LogP contribution is -2.53. The maximum Gasteiger partial charge on any atom is 0.233 e. The molecule has 4 rings (SSSR count). The Kier molecular flexibility index (Phi) is 2.83. The van der Waals surface area contributed by atoms with Crippen LogP contribution in [0.3, 0.4) is 0 Å². The second-order valence-electron chi connectivity index (χ2n) is 5.49. The van der Waals surface area contributed by atoms with Gasteiger partial charge in [0, 0.05) is 21.9 Å². The second-order valence-corrected chi connectivity index (χ2v) is 7.17. The molecular weight excluding hydrogens is 393 g/mol. The van der Waals surface area contributed by atoms with E-state index in [-0.39, 0.29) is 0 Å². The van der Waals surface area contributed by atoms with Gasteiger partial charge < -0.3 is 9.47 Å². The fourth-order valence-electron chi connectivity index (χ4n) is 2.70. The van der Waals surface area contributed by atoms with Crippen molar-refractivity contribution in [2.75, 3.05) is 0 Å². The first-order valence-electron chi connectivity index (χ1n) is 6.76. The van der Waals surface area contributed by atoms with E-state index in [1.54, 1.807) is 6.08 Å². The van der Waals surface area contributed by atoms with Crippen molar-refractivity contribution in [3.05, 3.63) is 47.5 Å². The van der Waals surface area contributed by atoms with Crippen LogP contribution in [0.15, 0.2) is 36.4 Å². The highest BCUT2D eigenvalue weighted by Gasteiger charge is 2.28. The molecule has 2 aromatic rings. The van der Waals surface area contributed by atoms with E-state index in [0.29, 0.717) is 5.75 Å². The highest BCUT2D eigenvalue weighted by molar-refractivity contribution is 14.1. The molecule has 1 unspecified atom stereocenters. The monoisotopic (exact) mass is 407 g/mol. The molecule has 0 amide bonds. The summed E-state index contributed by atoms with van der Waals surface area (Å²) >= 11 is 2.06. The van der Waals surface area contributed by atoms with Crippen molar-refractivity contribution >= 4 is 45.5 Å². The van der Waals surface area contributed by atoms with E-state index in [4.69, 9.17) is 26.7 Å². The molecule has 2 heterocycles. The zero-order valence-electron chi connectivity index (χ0n) is 11.5. The average Bonchev–Trinajstić information content (AvgIpc) is 2.45. The number of halogens is 1. The number of rotatable bonds is 0. The predicted molar refractivity (Wildman–Crippen MR) is 95.3 cm³/mol. The van der Waals surface area contributed by atoms with E-state index in [9.17, 15) is 0 Å². The Balaban J connectivity index is 1.99. The van der Waals surface area contributed by atoms with E-state index in [2.05, 4.69) is 22.6 Å². The molecule has 2 aliphatic heterocycles. The van der Waals surface area contributed by atoms with Crippen LogP contribution in [-0.4, -0.2) is 9.58 Å². The molecule has 0 spiro atoms. The molecule has 0 bridgehead atoms. The number of hydrogen-bond acceptors (Lipinski definition) is 5. The third-order valence-corrected chi connectivity index (χ3v) is 4.29. The summed E-state index contributed by atoms with van der Waals surface area (Å²) in [4.78, 5) is 0. The number of benzene rings is 2. The zero-order valence-corrected chi connectivity index (χ0v) is 13.7. The Labute approximate surface area is 140 Å². The van der Waals surface area contributed by atoms with Crippen molar-refractivity contribution in [1.82, 2.24) is 0 Å². The van der Waals surface area contributed by atoms with Gasteiger partial charge in [0.2, 0.25) is 9.58 Å². The van der Waals surface area contributed by atoms with Crippen LogP contribution in [0.4, 0.5) is 0 Å². The lowest BCUT2D eigenvalue weighted by Gasteiger charge is -2.30. The normalized spacial score (nSPS) is 24.4. The van der Waals surface area contributed by atoms with Gasteiger partial charge in [0.1, 0.15) is 11.5 Å². The predicted octanol–water partition coefficient (Wildman–Crippen LogP) is 2.27. The number of fused-ring (bicyclic) bond motifs is 5. The Morgan fingerprint density at radius 2 is 1.32 bits per heavy atom. The minimum atomic E-state index is -1.31. The molecular formula is C16H14IN3O2. The lowest BCUT2D eigenvalue weighted by atomic mass is 9.98. The molecule has 22 heavy (non-hydrogen) atoms. The number of ether oxygens (including phenoxy) is 2. The van der Waals surface area contributed by atoms with Crippen LogP contribution in [-0.2, 0) is 0 Å². The van der Waals surface area contributed by atoms with Crippen LogP contribution in [0.25, 0.3) is 22.9 Å². The molecule has 0 saturated carbocycles. The third-order valence-electron chi connectivity index (χ3n) is 3.71. The van der Waals surface area contributed by atoms with Crippen molar-refractivity contribution in [3.63, 3.8) is 0 Å². The molecule has 0 radical (unpaired) electrons. The van der Waals surface area contributed by atoms with Gasteiger partial charge in [-0.3, -0.25) is 17.2 Å². The van der Waals surface area contributed by atoms with Crippen LogP contribution in [0.1, 0.15) is 11.1 Å². The fraction of sp³-hybridized carbons (Fsp3) is 0.125. The number of nitrogens with two attached hydrogens (primary N) is 3. The smallest absolute Gasteiger partial charge is 0.233 e. The summed E-state index contributed by atoms with van der Waals surface area (Å²) in [7, 11) is 0. The lowest BCUT2D eigenvalue weighted by molar-refractivity contribution is 0.134. The van der Waals surface area contributed by atoms with Gasteiger partial charge >= 0.3 is 0 Å². The van der Waals surface area contributed by atoms with Crippen LogP contribution in [0.5, 0.6) is 11.5 Å². The molecule has 112 valence electrons. The van der Waals surface area contributed by atoms with Crippen LogP contribution >= 0.6 is 22.6 Å². The van der Waals surface area contributed by atoms with E-state index in [1.165, 1.54) is 0 Å². The average molecular weight is 407 g/mol. The first-order valence-corrected chi connectivity index (χ1v) is 7.84. The fourth-order valence-corrected chi connectivity index (χ4v) is 3.10. The minimum Gasteiger partial charge on any atom is -0.459 e. The molecule has 1 atom stereocenters. The molecule has 0 aromatic heterocycles. The van der Waals surface area contributed by atoms with Crippen molar-refractivity contribution in [2.24, 2.45) is 17.2 Å². The topological polar surface area (TPSA) is 96.5 Å². The molecule has 6 N–H and O–H groups in total. The third kappa shape index (κ3) is 2.19. The Hall–Kier alpha value is -1.61. The van der Waals surface area contributed by atoms with Gasteiger partial charge in [-0.15, -0.1) is 0 Å². The summed E-state index contributed by atoms with van der Waals surface area (Å²) in [5.41, 5.74) is 19.7. The summed E-state index contributed by atoms with van der Waals surface area (Å²) < 4.78 is 10.8. The summed E-state index contributed by atoms with van der Waals surface area (Å²) in [6.45, 7) is 0. The first kappa shape index (κ1) is 14.0. The maximum absolute atomic E-state index is 6.06. The van der Waals surface area contributed by atoms with Crippen molar-refractivity contribution in [1.29, 1.82) is 0 Å². The van der Waals surface area contributed by atoms with Gasteiger partial charge in [0.25, 0.3) is 0 Å². The van der Waals surface area contributed by atoms with Gasteiger partial charge in [-0.05, 0) is 59.0 Å². The SMILES string of the molecule is NC1(N)C=Cc2ccc3c4c(ccc3c2O1)C=CC(N)(I)O4. The largest absolute Gasteiger partial charge is 0.459 e. The van der Waals surface area contributed by atoms with E-state index < -0.39 is 9.58 Å². The van der Waals surface area contributed by atoms with Crippen molar-refractivity contribution in [2.45, 2.75) is 9.58 Å². The summed E-state index contributed by atoms with van der Waals surface area (Å²) in [6, 6.07) is 7.90. The van der Waals surface area contributed by atoms with E-state index >= 15 is 0 Å². The van der Waals surface area contributed by atoms with Crippen molar-refractivity contribution in [3.8, 4) is 11.5 Å². The molecule has 2 aliphatic rings. The molecule has 0 fully saturated rings. The van der Waals surface area contributed by atoms with Gasteiger partial charge in [0.05, 0.1) is 0 Å². The minimum absolute atomic E-state index is 0.655. The Bertz CT molecular complexity index is 785. The molecule has 0 saturated heterocycles. The quantitative estimate of drug-likeness (QED) is 0.270. The van der Waals surface area contributed by atoms with E-state index in [0.717, 1.165) is 27.6 Å². The number of hydrogen-bond donors (Lipinski definition) is 3. The number of alkyl halides is 1. The molecule has 6 heteroatoms. The van der Waals surface area contributed by atoms with Gasteiger partial charge in [-0.1, -0.05) is 12.1 Å². The van der Waals surface area contributed by atoms with E-state index in [1.807, 2.05) is 42.5 Å². The van der Waals surface area contributed by atoms with Crippen LogP contribution in [0, 0.1) is 0 Å². The molecule has 0 aliphatic carbocycles. The van der Waals surface area contributed by atoms with Crippen molar-refractivity contribution < 1.29 is 9.47 Å². The summed E-state index contributed by atoms with van der Waals surface area (Å²) in [6.07, 6.45) is 7.28. The second kappa shape index (κ2) is 4.45. The summed E-state index contributed by atoms with van der Waals surface area (Å²) in [5.74, 6) is 0.0817. The Morgan fingerprint density at radius 3 is 1.95 bits per heavy atom. The summed E-state index contributed by atoms with van der Waals surface area (Å²) in [5, 5.41) is 1.81. The zero-order chi connectivity index (χ0) is 15.5. The standard InChI is InChI=1S/C16H14IN3O2/c17-15(18)7-5-9-1-4-12-11(13(9)21-15)3-2-10-6-8-16(19,20)22-14(10)12/h1-8H,18-20H2. The highest BCUT2D eigenvalue weighted by Crippen LogP contribution is 2.43. The van der Waals surface area contributed by atoms with Gasteiger partial charge in [0.15, 0.2) is 0 Å². The Morgan fingerprint density at radius 1 is 0.773 bits per heavy atom. The highest BCUT2D eigenvalue weighted by atomic mass is 127. The van der Waals surface area contributed by atoms with Crippen LogP contribution < -0.4 is 26.7 Å². The van der Waals surface area contributed by atoms with Crippen LogP contribution in [0.2, 0.25) is 0 Å². The molecule has 5 nitrogen and oxygen atoms in total. The first-order chi connectivity index (χ1) is 10.3. The maximum atomic E-state index is 6.06. The molecule has 2 aromatic carbocycles. The van der Waals surface area contributed by atoms with Gasteiger partial charge in [-0.2, -0.15) is 0 Å². The van der Waals surface area contributed by atoms with Gasteiger partial charge in [-0.25, -0.2) is 0 Å².